The predicted molar refractivity (Wildman–Crippen MR) is 70.3 cm³/mol. The SMILES string of the molecule is Cc1cc(C)cc(Oc2cccc(CN)c2)c1. The molecule has 0 unspecified atom stereocenters. The fourth-order valence-corrected chi connectivity index (χ4v) is 1.86. The molecule has 0 aliphatic carbocycles. The lowest BCUT2D eigenvalue weighted by atomic mass is 10.1. The van der Waals surface area contributed by atoms with Gasteiger partial charge in [-0.25, -0.2) is 0 Å². The summed E-state index contributed by atoms with van der Waals surface area (Å²) < 4.78 is 5.83. The van der Waals surface area contributed by atoms with E-state index < -0.39 is 0 Å². The quantitative estimate of drug-likeness (QED) is 0.870. The molecule has 0 atom stereocenters. The first-order valence-electron chi connectivity index (χ1n) is 5.72. The standard InChI is InChI=1S/C15H17NO/c1-11-6-12(2)8-15(7-11)17-14-5-3-4-13(9-14)10-16/h3-9H,10,16H2,1-2H3. The van der Waals surface area contributed by atoms with Crippen LogP contribution in [-0.4, -0.2) is 0 Å². The van der Waals surface area contributed by atoms with Crippen molar-refractivity contribution in [3.8, 4) is 11.5 Å². The van der Waals surface area contributed by atoms with E-state index in [9.17, 15) is 0 Å². The van der Waals surface area contributed by atoms with Crippen LogP contribution in [-0.2, 0) is 6.54 Å². The third-order valence-electron chi connectivity index (χ3n) is 2.57. The van der Waals surface area contributed by atoms with Crippen molar-refractivity contribution in [2.24, 2.45) is 5.73 Å². The summed E-state index contributed by atoms with van der Waals surface area (Å²) in [5, 5.41) is 0. The Labute approximate surface area is 102 Å². The second kappa shape index (κ2) is 5.02. The average molecular weight is 227 g/mol. The summed E-state index contributed by atoms with van der Waals surface area (Å²) in [6, 6.07) is 14.1. The van der Waals surface area contributed by atoms with Crippen LogP contribution in [0.15, 0.2) is 42.5 Å². The molecule has 2 rings (SSSR count). The molecule has 0 spiro atoms. The summed E-state index contributed by atoms with van der Waals surface area (Å²) in [4.78, 5) is 0. The highest BCUT2D eigenvalue weighted by atomic mass is 16.5. The van der Waals surface area contributed by atoms with E-state index in [1.54, 1.807) is 0 Å². The van der Waals surface area contributed by atoms with Gasteiger partial charge >= 0.3 is 0 Å². The third kappa shape index (κ3) is 3.08. The smallest absolute Gasteiger partial charge is 0.127 e. The number of hydrogen-bond acceptors (Lipinski definition) is 2. The Hall–Kier alpha value is -1.80. The van der Waals surface area contributed by atoms with Gasteiger partial charge in [-0.2, -0.15) is 0 Å². The van der Waals surface area contributed by atoms with Gasteiger partial charge in [-0.1, -0.05) is 18.2 Å². The van der Waals surface area contributed by atoms with Crippen molar-refractivity contribution in [2.75, 3.05) is 0 Å². The maximum Gasteiger partial charge on any atom is 0.127 e. The molecule has 2 heteroatoms. The Balaban J connectivity index is 2.24. The van der Waals surface area contributed by atoms with Crippen LogP contribution < -0.4 is 10.5 Å². The van der Waals surface area contributed by atoms with Gasteiger partial charge in [-0.3, -0.25) is 0 Å². The Bertz CT molecular complexity index is 500. The third-order valence-corrected chi connectivity index (χ3v) is 2.57. The summed E-state index contributed by atoms with van der Waals surface area (Å²) in [6.45, 7) is 4.66. The minimum absolute atomic E-state index is 0.532. The van der Waals surface area contributed by atoms with Crippen molar-refractivity contribution in [3.63, 3.8) is 0 Å². The van der Waals surface area contributed by atoms with E-state index in [4.69, 9.17) is 10.5 Å². The summed E-state index contributed by atoms with van der Waals surface area (Å²) >= 11 is 0. The van der Waals surface area contributed by atoms with E-state index in [2.05, 4.69) is 19.9 Å². The van der Waals surface area contributed by atoms with Crippen molar-refractivity contribution in [2.45, 2.75) is 20.4 Å². The van der Waals surface area contributed by atoms with E-state index in [1.807, 2.05) is 36.4 Å². The predicted octanol–water partition coefficient (Wildman–Crippen LogP) is 3.55. The number of rotatable bonds is 3. The number of hydrogen-bond donors (Lipinski definition) is 1. The lowest BCUT2D eigenvalue weighted by Gasteiger charge is -2.08. The molecule has 0 saturated heterocycles. The highest BCUT2D eigenvalue weighted by Crippen LogP contribution is 2.24. The second-order valence-corrected chi connectivity index (χ2v) is 4.28. The second-order valence-electron chi connectivity index (χ2n) is 4.28. The van der Waals surface area contributed by atoms with E-state index in [0.29, 0.717) is 6.54 Å². The van der Waals surface area contributed by atoms with Crippen LogP contribution in [0.1, 0.15) is 16.7 Å². The minimum Gasteiger partial charge on any atom is -0.457 e. The number of ether oxygens (including phenoxy) is 1. The average Bonchev–Trinajstić information content (AvgIpc) is 2.28. The zero-order valence-electron chi connectivity index (χ0n) is 10.2. The molecule has 0 saturated carbocycles. The van der Waals surface area contributed by atoms with Gasteiger partial charge in [0.1, 0.15) is 11.5 Å². The van der Waals surface area contributed by atoms with Crippen LogP contribution >= 0.6 is 0 Å². The summed E-state index contributed by atoms with van der Waals surface area (Å²) in [5.41, 5.74) is 9.09. The molecule has 2 aromatic carbocycles. The van der Waals surface area contributed by atoms with Crippen molar-refractivity contribution < 1.29 is 4.74 Å². The molecule has 0 aromatic heterocycles. The Morgan fingerprint density at radius 1 is 0.941 bits per heavy atom. The maximum atomic E-state index is 5.83. The van der Waals surface area contributed by atoms with Crippen LogP contribution in [0.3, 0.4) is 0 Å². The number of aryl methyl sites for hydroxylation is 2. The summed E-state index contributed by atoms with van der Waals surface area (Å²) in [6.07, 6.45) is 0. The van der Waals surface area contributed by atoms with Gasteiger partial charge in [-0.15, -0.1) is 0 Å². The van der Waals surface area contributed by atoms with Crippen molar-refractivity contribution in [3.05, 3.63) is 59.2 Å². The van der Waals surface area contributed by atoms with Gasteiger partial charge in [0.2, 0.25) is 0 Å². The van der Waals surface area contributed by atoms with Gasteiger partial charge in [0.15, 0.2) is 0 Å². The van der Waals surface area contributed by atoms with Gasteiger partial charge in [-0.05, 0) is 54.8 Å². The zero-order chi connectivity index (χ0) is 12.3. The molecular formula is C15H17NO. The van der Waals surface area contributed by atoms with Crippen LogP contribution in [0.25, 0.3) is 0 Å². The molecule has 0 amide bonds. The van der Waals surface area contributed by atoms with E-state index >= 15 is 0 Å². The van der Waals surface area contributed by atoms with Crippen molar-refractivity contribution >= 4 is 0 Å². The summed E-state index contributed by atoms with van der Waals surface area (Å²) in [7, 11) is 0. The normalized spacial score (nSPS) is 10.3. The van der Waals surface area contributed by atoms with Crippen LogP contribution in [0.5, 0.6) is 11.5 Å². The molecule has 0 aliphatic rings. The molecule has 0 bridgehead atoms. The molecule has 0 aliphatic heterocycles. The van der Waals surface area contributed by atoms with Crippen molar-refractivity contribution in [1.29, 1.82) is 0 Å². The minimum atomic E-state index is 0.532. The van der Waals surface area contributed by atoms with Gasteiger partial charge in [0, 0.05) is 6.54 Å². The Morgan fingerprint density at radius 2 is 1.65 bits per heavy atom. The highest BCUT2D eigenvalue weighted by Gasteiger charge is 2.00. The molecule has 0 fully saturated rings. The van der Waals surface area contributed by atoms with Crippen molar-refractivity contribution in [1.82, 2.24) is 0 Å². The zero-order valence-corrected chi connectivity index (χ0v) is 10.2. The summed E-state index contributed by atoms with van der Waals surface area (Å²) in [5.74, 6) is 1.70. The van der Waals surface area contributed by atoms with Gasteiger partial charge in [0.25, 0.3) is 0 Å². The molecule has 2 aromatic rings. The van der Waals surface area contributed by atoms with Crippen LogP contribution in [0.2, 0.25) is 0 Å². The van der Waals surface area contributed by atoms with Gasteiger partial charge in [0.05, 0.1) is 0 Å². The highest BCUT2D eigenvalue weighted by molar-refractivity contribution is 5.38. The molecule has 2 N–H and O–H groups in total. The molecular weight excluding hydrogens is 210 g/mol. The van der Waals surface area contributed by atoms with E-state index in [0.717, 1.165) is 17.1 Å². The molecule has 2 nitrogen and oxygen atoms in total. The van der Waals surface area contributed by atoms with E-state index in [1.165, 1.54) is 11.1 Å². The lowest BCUT2D eigenvalue weighted by Crippen LogP contribution is -1.96. The fourth-order valence-electron chi connectivity index (χ4n) is 1.86. The first kappa shape index (κ1) is 11.7. The molecule has 0 radical (unpaired) electrons. The van der Waals surface area contributed by atoms with E-state index in [-0.39, 0.29) is 0 Å². The fraction of sp³-hybridized carbons (Fsp3) is 0.200. The number of benzene rings is 2. The Morgan fingerprint density at radius 3 is 2.29 bits per heavy atom. The molecule has 17 heavy (non-hydrogen) atoms. The van der Waals surface area contributed by atoms with Crippen LogP contribution in [0, 0.1) is 13.8 Å². The first-order valence-corrected chi connectivity index (χ1v) is 5.72. The maximum absolute atomic E-state index is 5.83. The van der Waals surface area contributed by atoms with Gasteiger partial charge < -0.3 is 10.5 Å². The first-order chi connectivity index (χ1) is 8.17. The van der Waals surface area contributed by atoms with Crippen LogP contribution in [0.4, 0.5) is 0 Å². The lowest BCUT2D eigenvalue weighted by molar-refractivity contribution is 0.481. The molecule has 0 heterocycles. The monoisotopic (exact) mass is 227 g/mol. The topological polar surface area (TPSA) is 35.2 Å². The molecule has 88 valence electrons. The Kier molecular flexibility index (Phi) is 3.45. The number of nitrogens with two attached hydrogens (primary N) is 1. The largest absolute Gasteiger partial charge is 0.457 e.